The van der Waals surface area contributed by atoms with Gasteiger partial charge in [-0.25, -0.2) is 0 Å². The maximum atomic E-state index is 11.3. The van der Waals surface area contributed by atoms with Gasteiger partial charge in [-0.1, -0.05) is 18.2 Å². The third-order valence-electron chi connectivity index (χ3n) is 2.35. The first kappa shape index (κ1) is 13.3. The molecular formula is C14H18O3. The van der Waals surface area contributed by atoms with E-state index in [0.717, 1.165) is 24.2 Å². The normalized spacial score (nSPS) is 9.71. The van der Waals surface area contributed by atoms with Crippen LogP contribution in [0.5, 0.6) is 5.75 Å². The van der Waals surface area contributed by atoms with E-state index in [9.17, 15) is 4.79 Å². The minimum Gasteiger partial charge on any atom is -0.497 e. The molecule has 1 aromatic rings. The smallest absolute Gasteiger partial charge is 0.306 e. The van der Waals surface area contributed by atoms with E-state index in [4.69, 9.17) is 9.47 Å². The molecular weight excluding hydrogens is 216 g/mol. The number of benzene rings is 1. The minimum absolute atomic E-state index is 0.164. The summed E-state index contributed by atoms with van der Waals surface area (Å²) in [4.78, 5) is 11.3. The standard InChI is InChI=1S/C14H18O3/c1-3-4-5-6-14(15)17-11-12-7-9-13(16-2)10-8-12/h3,7-10H,1,4-6,11H2,2H3. The number of methoxy groups -OCH3 is 1. The van der Waals surface area contributed by atoms with Crippen molar-refractivity contribution in [2.75, 3.05) is 7.11 Å². The number of ether oxygens (including phenoxy) is 2. The molecule has 0 saturated carbocycles. The van der Waals surface area contributed by atoms with Crippen LogP contribution < -0.4 is 4.74 Å². The Kier molecular flexibility index (Phi) is 5.86. The van der Waals surface area contributed by atoms with Gasteiger partial charge in [0.15, 0.2) is 0 Å². The van der Waals surface area contributed by atoms with Crippen LogP contribution in [0, 0.1) is 0 Å². The van der Waals surface area contributed by atoms with Gasteiger partial charge in [0.05, 0.1) is 7.11 Å². The molecule has 1 aromatic carbocycles. The Morgan fingerprint density at radius 3 is 2.65 bits per heavy atom. The van der Waals surface area contributed by atoms with Crippen LogP contribution in [0.3, 0.4) is 0 Å². The molecule has 17 heavy (non-hydrogen) atoms. The van der Waals surface area contributed by atoms with Crippen molar-refractivity contribution in [3.63, 3.8) is 0 Å². The summed E-state index contributed by atoms with van der Waals surface area (Å²) in [5.41, 5.74) is 0.961. The zero-order valence-electron chi connectivity index (χ0n) is 10.1. The molecule has 0 aliphatic rings. The number of rotatable bonds is 7. The summed E-state index contributed by atoms with van der Waals surface area (Å²) in [5.74, 6) is 0.633. The highest BCUT2D eigenvalue weighted by molar-refractivity contribution is 5.69. The number of allylic oxidation sites excluding steroid dienone is 1. The highest BCUT2D eigenvalue weighted by Crippen LogP contribution is 2.12. The first-order chi connectivity index (χ1) is 8.26. The average Bonchev–Trinajstić information content (AvgIpc) is 2.37. The first-order valence-electron chi connectivity index (χ1n) is 5.65. The Bertz CT molecular complexity index is 354. The van der Waals surface area contributed by atoms with Crippen molar-refractivity contribution in [2.24, 2.45) is 0 Å². The highest BCUT2D eigenvalue weighted by atomic mass is 16.5. The van der Waals surface area contributed by atoms with Crippen LogP contribution >= 0.6 is 0 Å². The lowest BCUT2D eigenvalue weighted by atomic mass is 10.2. The van der Waals surface area contributed by atoms with Gasteiger partial charge < -0.3 is 9.47 Å². The quantitative estimate of drug-likeness (QED) is 0.413. The molecule has 0 unspecified atom stereocenters. The van der Waals surface area contributed by atoms with Gasteiger partial charge in [0.1, 0.15) is 12.4 Å². The highest BCUT2D eigenvalue weighted by Gasteiger charge is 2.02. The van der Waals surface area contributed by atoms with Crippen LogP contribution in [-0.2, 0) is 16.1 Å². The average molecular weight is 234 g/mol. The van der Waals surface area contributed by atoms with Gasteiger partial charge in [0, 0.05) is 6.42 Å². The molecule has 0 heterocycles. The van der Waals surface area contributed by atoms with E-state index in [-0.39, 0.29) is 5.97 Å². The zero-order valence-corrected chi connectivity index (χ0v) is 10.1. The van der Waals surface area contributed by atoms with Gasteiger partial charge in [-0.3, -0.25) is 4.79 Å². The van der Waals surface area contributed by atoms with Gasteiger partial charge in [-0.2, -0.15) is 0 Å². The predicted molar refractivity (Wildman–Crippen MR) is 66.8 cm³/mol. The van der Waals surface area contributed by atoms with E-state index < -0.39 is 0 Å². The molecule has 3 nitrogen and oxygen atoms in total. The van der Waals surface area contributed by atoms with E-state index in [1.54, 1.807) is 13.2 Å². The third kappa shape index (κ3) is 5.20. The predicted octanol–water partition coefficient (Wildman–Crippen LogP) is 3.09. The van der Waals surface area contributed by atoms with Crippen LogP contribution in [-0.4, -0.2) is 13.1 Å². The van der Waals surface area contributed by atoms with Crippen LogP contribution in [0.15, 0.2) is 36.9 Å². The Hall–Kier alpha value is -1.77. The maximum Gasteiger partial charge on any atom is 0.306 e. The maximum absolute atomic E-state index is 11.3. The van der Waals surface area contributed by atoms with Gasteiger partial charge in [-0.15, -0.1) is 6.58 Å². The van der Waals surface area contributed by atoms with Gasteiger partial charge in [0.2, 0.25) is 0 Å². The summed E-state index contributed by atoms with van der Waals surface area (Å²) in [6, 6.07) is 7.47. The third-order valence-corrected chi connectivity index (χ3v) is 2.35. The van der Waals surface area contributed by atoms with E-state index >= 15 is 0 Å². The second kappa shape index (κ2) is 7.49. The summed E-state index contributed by atoms with van der Waals surface area (Å²) in [6.45, 7) is 3.92. The fourth-order valence-electron chi connectivity index (χ4n) is 1.35. The molecule has 0 radical (unpaired) electrons. The van der Waals surface area contributed by atoms with Crippen molar-refractivity contribution in [3.05, 3.63) is 42.5 Å². The van der Waals surface area contributed by atoms with Crippen LogP contribution in [0.1, 0.15) is 24.8 Å². The molecule has 92 valence electrons. The molecule has 0 fully saturated rings. The topological polar surface area (TPSA) is 35.5 Å². The van der Waals surface area contributed by atoms with Crippen molar-refractivity contribution in [2.45, 2.75) is 25.9 Å². The molecule has 0 aliphatic carbocycles. The molecule has 0 spiro atoms. The Morgan fingerprint density at radius 2 is 2.06 bits per heavy atom. The fourth-order valence-corrected chi connectivity index (χ4v) is 1.35. The SMILES string of the molecule is C=CCCCC(=O)OCc1ccc(OC)cc1. The number of hydrogen-bond donors (Lipinski definition) is 0. The molecule has 0 aromatic heterocycles. The molecule has 0 atom stereocenters. The molecule has 0 bridgehead atoms. The van der Waals surface area contributed by atoms with Gasteiger partial charge in [-0.05, 0) is 30.5 Å². The number of esters is 1. The van der Waals surface area contributed by atoms with Crippen LogP contribution in [0.4, 0.5) is 0 Å². The second-order valence-corrected chi connectivity index (χ2v) is 3.69. The number of carbonyl (C=O) groups excluding carboxylic acids is 1. The summed E-state index contributed by atoms with van der Waals surface area (Å²) in [7, 11) is 1.62. The lowest BCUT2D eigenvalue weighted by molar-refractivity contribution is -0.145. The Labute approximate surface area is 102 Å². The second-order valence-electron chi connectivity index (χ2n) is 3.69. The van der Waals surface area contributed by atoms with Crippen LogP contribution in [0.25, 0.3) is 0 Å². The summed E-state index contributed by atoms with van der Waals surface area (Å²) < 4.78 is 10.2. The van der Waals surface area contributed by atoms with Crippen LogP contribution in [0.2, 0.25) is 0 Å². The number of hydrogen-bond acceptors (Lipinski definition) is 3. The lowest BCUT2D eigenvalue weighted by Crippen LogP contribution is -2.04. The zero-order chi connectivity index (χ0) is 12.5. The van der Waals surface area contributed by atoms with Gasteiger partial charge >= 0.3 is 5.97 Å². The molecule has 0 aliphatic heterocycles. The monoisotopic (exact) mass is 234 g/mol. The van der Waals surface area contributed by atoms with E-state index in [1.165, 1.54) is 0 Å². The lowest BCUT2D eigenvalue weighted by Gasteiger charge is -2.05. The molecule has 0 amide bonds. The molecule has 1 rings (SSSR count). The molecule has 0 saturated heterocycles. The Balaban J connectivity index is 2.29. The minimum atomic E-state index is -0.164. The summed E-state index contributed by atoms with van der Waals surface area (Å²) >= 11 is 0. The van der Waals surface area contributed by atoms with E-state index in [2.05, 4.69) is 6.58 Å². The number of carbonyl (C=O) groups is 1. The van der Waals surface area contributed by atoms with Crippen molar-refractivity contribution < 1.29 is 14.3 Å². The molecule has 0 N–H and O–H groups in total. The van der Waals surface area contributed by atoms with Crippen molar-refractivity contribution >= 4 is 5.97 Å². The summed E-state index contributed by atoms with van der Waals surface area (Å²) in [6.07, 6.45) is 3.89. The van der Waals surface area contributed by atoms with E-state index in [0.29, 0.717) is 13.0 Å². The fraction of sp³-hybridized carbons (Fsp3) is 0.357. The number of unbranched alkanes of at least 4 members (excludes halogenated alkanes) is 1. The first-order valence-corrected chi connectivity index (χ1v) is 5.65. The van der Waals surface area contributed by atoms with Crippen molar-refractivity contribution in [1.82, 2.24) is 0 Å². The summed E-state index contributed by atoms with van der Waals surface area (Å²) in [5, 5.41) is 0. The van der Waals surface area contributed by atoms with E-state index in [1.807, 2.05) is 24.3 Å². The van der Waals surface area contributed by atoms with Gasteiger partial charge in [0.25, 0.3) is 0 Å². The Morgan fingerprint density at radius 1 is 1.35 bits per heavy atom. The van der Waals surface area contributed by atoms with Crippen molar-refractivity contribution in [3.8, 4) is 5.75 Å². The van der Waals surface area contributed by atoms with Crippen molar-refractivity contribution in [1.29, 1.82) is 0 Å². The largest absolute Gasteiger partial charge is 0.497 e. The molecule has 3 heteroatoms.